The van der Waals surface area contributed by atoms with Gasteiger partial charge in [-0.3, -0.25) is 0 Å². The van der Waals surface area contributed by atoms with Crippen LogP contribution in [0, 0.1) is 13.0 Å². The average Bonchev–Trinajstić information content (AvgIpc) is 1.88. The third-order valence-corrected chi connectivity index (χ3v) is 1.47. The summed E-state index contributed by atoms with van der Waals surface area (Å²) in [6.45, 7) is 2.03. The molecule has 1 aromatic rings. The average molecular weight is 149 g/mol. The number of aryl methyl sites for hydroxylation is 1. The van der Waals surface area contributed by atoms with Gasteiger partial charge in [-0.15, -0.1) is 0 Å². The highest BCUT2D eigenvalue weighted by atomic mass is 32.1. The highest BCUT2D eigenvalue weighted by molar-refractivity contribution is 7.78. The van der Waals surface area contributed by atoms with Gasteiger partial charge in [0.25, 0.3) is 0 Å². The summed E-state index contributed by atoms with van der Waals surface area (Å²) in [5.74, 6) is 0. The minimum absolute atomic E-state index is 0.844. The molecular formula is C9H9S. The predicted octanol–water partition coefficient (Wildman–Crippen LogP) is 2.34. The van der Waals surface area contributed by atoms with Crippen molar-refractivity contribution in [2.45, 2.75) is 13.3 Å². The minimum Gasteiger partial charge on any atom is -0.0931 e. The quantitative estimate of drug-likeness (QED) is 0.582. The largest absolute Gasteiger partial charge is 0.0931 e. The second kappa shape index (κ2) is 3.47. The normalized spacial score (nSPS) is 9.30. The monoisotopic (exact) mass is 149 g/mol. The van der Waals surface area contributed by atoms with Crippen LogP contribution >= 0.6 is 12.2 Å². The summed E-state index contributed by atoms with van der Waals surface area (Å²) in [6, 6.07) is 9.31. The van der Waals surface area contributed by atoms with Crippen LogP contribution in [0.2, 0.25) is 0 Å². The maximum atomic E-state index is 4.73. The molecule has 0 nitrogen and oxygen atoms in total. The Bertz CT molecular complexity index is 228. The first-order valence-electron chi connectivity index (χ1n) is 3.24. The third-order valence-electron chi connectivity index (χ3n) is 1.30. The smallest absolute Gasteiger partial charge is 0.00140 e. The highest BCUT2D eigenvalue weighted by Gasteiger charge is 1.88. The molecule has 0 aliphatic heterocycles. The van der Waals surface area contributed by atoms with Gasteiger partial charge in [0.15, 0.2) is 0 Å². The summed E-state index contributed by atoms with van der Waals surface area (Å²) in [5.41, 5.74) is 2.35. The van der Waals surface area contributed by atoms with E-state index < -0.39 is 0 Å². The first-order valence-corrected chi connectivity index (χ1v) is 3.71. The van der Waals surface area contributed by atoms with Crippen molar-refractivity contribution in [3.63, 3.8) is 0 Å². The lowest BCUT2D eigenvalue weighted by molar-refractivity contribution is 1.32. The van der Waals surface area contributed by atoms with Crippen molar-refractivity contribution >= 4 is 17.6 Å². The molecule has 0 aliphatic rings. The van der Waals surface area contributed by atoms with Gasteiger partial charge in [-0.25, -0.2) is 0 Å². The second-order valence-corrected chi connectivity index (χ2v) is 2.56. The number of thiocarbonyl (C=S) groups is 1. The standard InChI is InChI=1S/C9H9S/c1-8-3-2-4-9(7-8)5-6-10/h2-4,6H,5H2,1H3. The van der Waals surface area contributed by atoms with Crippen molar-refractivity contribution in [3.8, 4) is 0 Å². The molecule has 0 amide bonds. The van der Waals surface area contributed by atoms with Gasteiger partial charge < -0.3 is 0 Å². The van der Waals surface area contributed by atoms with Crippen LogP contribution < -0.4 is 0 Å². The number of benzene rings is 1. The van der Waals surface area contributed by atoms with E-state index in [1.54, 1.807) is 5.37 Å². The molecule has 10 heavy (non-hydrogen) atoms. The molecule has 0 aromatic heterocycles. The topological polar surface area (TPSA) is 0 Å². The molecule has 1 aromatic carbocycles. The maximum absolute atomic E-state index is 4.73. The van der Waals surface area contributed by atoms with Crippen molar-refractivity contribution in [1.29, 1.82) is 0 Å². The minimum atomic E-state index is 0.844. The molecule has 0 bridgehead atoms. The van der Waals surface area contributed by atoms with E-state index >= 15 is 0 Å². The van der Waals surface area contributed by atoms with Crippen LogP contribution in [-0.4, -0.2) is 5.37 Å². The van der Waals surface area contributed by atoms with Crippen LogP contribution in [0.25, 0.3) is 0 Å². The van der Waals surface area contributed by atoms with E-state index in [0.717, 1.165) is 6.42 Å². The summed E-state index contributed by atoms with van der Waals surface area (Å²) < 4.78 is 0. The fraction of sp³-hybridized carbons (Fsp3) is 0.222. The lowest BCUT2D eigenvalue weighted by Gasteiger charge is -1.94. The Hall–Kier alpha value is -0.690. The fourth-order valence-electron chi connectivity index (χ4n) is 0.854. The van der Waals surface area contributed by atoms with Gasteiger partial charge in [0.1, 0.15) is 0 Å². The van der Waals surface area contributed by atoms with Crippen LogP contribution in [0.3, 0.4) is 0 Å². The molecule has 0 atom stereocenters. The zero-order chi connectivity index (χ0) is 7.40. The van der Waals surface area contributed by atoms with Crippen molar-refractivity contribution in [2.24, 2.45) is 0 Å². The first kappa shape index (κ1) is 7.42. The van der Waals surface area contributed by atoms with Gasteiger partial charge in [0.2, 0.25) is 0 Å². The Morgan fingerprint density at radius 3 is 3.00 bits per heavy atom. The van der Waals surface area contributed by atoms with E-state index in [9.17, 15) is 0 Å². The lowest BCUT2D eigenvalue weighted by Crippen LogP contribution is -1.84. The third kappa shape index (κ3) is 1.92. The van der Waals surface area contributed by atoms with E-state index in [1.807, 2.05) is 25.1 Å². The second-order valence-electron chi connectivity index (χ2n) is 2.23. The molecule has 0 aliphatic carbocycles. The van der Waals surface area contributed by atoms with E-state index in [4.69, 9.17) is 12.2 Å². The molecule has 1 radical (unpaired) electrons. The van der Waals surface area contributed by atoms with Crippen molar-refractivity contribution in [1.82, 2.24) is 0 Å². The molecule has 51 valence electrons. The summed E-state index contributed by atoms with van der Waals surface area (Å²) in [6.07, 6.45) is 0.844. The molecule has 1 rings (SSSR count). The molecule has 0 spiro atoms. The molecule has 0 unspecified atom stereocenters. The van der Waals surface area contributed by atoms with Crippen molar-refractivity contribution in [2.75, 3.05) is 0 Å². The number of rotatable bonds is 2. The lowest BCUT2D eigenvalue weighted by atomic mass is 10.1. The molecule has 0 saturated carbocycles. The number of hydrogen-bond donors (Lipinski definition) is 0. The maximum Gasteiger partial charge on any atom is 0.00140 e. The van der Waals surface area contributed by atoms with E-state index in [1.165, 1.54) is 11.1 Å². The van der Waals surface area contributed by atoms with E-state index in [-0.39, 0.29) is 0 Å². The van der Waals surface area contributed by atoms with Gasteiger partial charge >= 0.3 is 0 Å². The van der Waals surface area contributed by atoms with Crippen LogP contribution in [0.4, 0.5) is 0 Å². The molecule has 0 N–H and O–H groups in total. The Balaban J connectivity index is 2.84. The Morgan fingerprint density at radius 2 is 2.40 bits per heavy atom. The van der Waals surface area contributed by atoms with Gasteiger partial charge in [-0.05, 0) is 29.5 Å². The van der Waals surface area contributed by atoms with Crippen LogP contribution in [0.15, 0.2) is 18.2 Å². The summed E-state index contributed by atoms with van der Waals surface area (Å²) in [4.78, 5) is 0. The SMILES string of the molecule is Cc1[c]c(CC=S)ccc1. The summed E-state index contributed by atoms with van der Waals surface area (Å²) in [7, 11) is 0. The molecule has 0 fully saturated rings. The van der Waals surface area contributed by atoms with Crippen LogP contribution in [0.5, 0.6) is 0 Å². The van der Waals surface area contributed by atoms with Gasteiger partial charge in [-0.2, -0.15) is 0 Å². The Kier molecular flexibility index (Phi) is 2.57. The zero-order valence-corrected chi connectivity index (χ0v) is 6.74. The van der Waals surface area contributed by atoms with Gasteiger partial charge in [0.05, 0.1) is 0 Å². The summed E-state index contributed by atoms with van der Waals surface area (Å²) in [5, 5.41) is 1.73. The first-order chi connectivity index (χ1) is 4.83. The molecule has 0 heterocycles. The van der Waals surface area contributed by atoms with Crippen molar-refractivity contribution < 1.29 is 0 Å². The van der Waals surface area contributed by atoms with Crippen LogP contribution in [0.1, 0.15) is 11.1 Å². The molecular weight excluding hydrogens is 140 g/mol. The van der Waals surface area contributed by atoms with Gasteiger partial charge in [0, 0.05) is 6.42 Å². The fourth-order valence-corrected chi connectivity index (χ4v) is 1.03. The van der Waals surface area contributed by atoms with E-state index in [0.29, 0.717) is 0 Å². The van der Waals surface area contributed by atoms with E-state index in [2.05, 4.69) is 6.07 Å². The molecule has 0 saturated heterocycles. The predicted molar refractivity (Wildman–Crippen MR) is 47.4 cm³/mol. The Morgan fingerprint density at radius 1 is 1.60 bits per heavy atom. The Labute approximate surface area is 66.9 Å². The highest BCUT2D eigenvalue weighted by Crippen LogP contribution is 2.01. The van der Waals surface area contributed by atoms with Gasteiger partial charge in [-0.1, -0.05) is 30.4 Å². The zero-order valence-electron chi connectivity index (χ0n) is 5.92. The van der Waals surface area contributed by atoms with Crippen molar-refractivity contribution in [3.05, 3.63) is 35.4 Å². The number of hydrogen-bond acceptors (Lipinski definition) is 1. The molecule has 1 heteroatoms. The van der Waals surface area contributed by atoms with Crippen LogP contribution in [-0.2, 0) is 6.42 Å². The summed E-state index contributed by atoms with van der Waals surface area (Å²) >= 11 is 4.73.